The summed E-state index contributed by atoms with van der Waals surface area (Å²) in [6.07, 6.45) is 0. The molecular weight excluding hydrogens is 378 g/mol. The van der Waals surface area contributed by atoms with Crippen molar-refractivity contribution >= 4 is 21.7 Å². The van der Waals surface area contributed by atoms with Gasteiger partial charge < -0.3 is 5.11 Å². The average molecular weight is 397 g/mol. The van der Waals surface area contributed by atoms with Crippen molar-refractivity contribution in [3.63, 3.8) is 0 Å². The maximum Gasteiger partial charge on any atom is 0.335 e. The molecule has 3 aromatic carbocycles. The van der Waals surface area contributed by atoms with Crippen LogP contribution in [0.2, 0.25) is 0 Å². The van der Waals surface area contributed by atoms with Crippen LogP contribution in [0.15, 0.2) is 83.8 Å². The Morgan fingerprint density at radius 1 is 0.964 bits per heavy atom. The van der Waals surface area contributed by atoms with Crippen LogP contribution in [0.4, 0.5) is 5.69 Å². The number of aryl methyl sites for hydroxylation is 1. The van der Waals surface area contributed by atoms with Crippen molar-refractivity contribution in [3.05, 3.63) is 95.6 Å². The van der Waals surface area contributed by atoms with Crippen molar-refractivity contribution in [1.82, 2.24) is 0 Å². The van der Waals surface area contributed by atoms with Gasteiger partial charge in [0.25, 0.3) is 10.0 Å². The molecule has 0 saturated carbocycles. The van der Waals surface area contributed by atoms with Gasteiger partial charge >= 0.3 is 5.97 Å². The van der Waals surface area contributed by atoms with Gasteiger partial charge in [-0.2, -0.15) is 8.42 Å². The molecule has 0 amide bonds. The molecule has 0 aliphatic rings. The number of rotatable bonds is 7. The predicted molar refractivity (Wildman–Crippen MR) is 105 cm³/mol. The minimum absolute atomic E-state index is 0.0343. The van der Waals surface area contributed by atoms with Crippen LogP contribution in [-0.4, -0.2) is 19.5 Å². The zero-order chi connectivity index (χ0) is 20.1. The van der Waals surface area contributed by atoms with Crippen molar-refractivity contribution in [2.24, 2.45) is 0 Å². The highest BCUT2D eigenvalue weighted by molar-refractivity contribution is 7.92. The molecule has 0 atom stereocenters. The van der Waals surface area contributed by atoms with Crippen molar-refractivity contribution in [2.75, 3.05) is 4.47 Å². The molecule has 0 saturated heterocycles. The molecule has 28 heavy (non-hydrogen) atoms. The monoisotopic (exact) mass is 397 g/mol. The molecule has 0 aliphatic carbocycles. The van der Waals surface area contributed by atoms with E-state index in [1.807, 2.05) is 30.3 Å². The van der Waals surface area contributed by atoms with Gasteiger partial charge in [-0.25, -0.2) is 4.79 Å². The first-order chi connectivity index (χ1) is 13.4. The zero-order valence-electron chi connectivity index (χ0n) is 15.1. The Balaban J connectivity index is 2.01. The summed E-state index contributed by atoms with van der Waals surface area (Å²) in [5.41, 5.74) is 1.52. The molecule has 0 aliphatic heterocycles. The zero-order valence-corrected chi connectivity index (χ0v) is 16.0. The summed E-state index contributed by atoms with van der Waals surface area (Å²) in [6, 6.07) is 21.5. The van der Waals surface area contributed by atoms with E-state index in [9.17, 15) is 18.3 Å². The van der Waals surface area contributed by atoms with Crippen LogP contribution in [0.1, 0.15) is 21.5 Å². The van der Waals surface area contributed by atoms with E-state index in [1.54, 1.807) is 37.3 Å². The highest BCUT2D eigenvalue weighted by atomic mass is 32.2. The SMILES string of the molecule is Cc1ccc(S(=O)(=O)N(OCc2ccccc2)c2ccccc2)cc1C(=O)O. The first-order valence-corrected chi connectivity index (χ1v) is 9.95. The molecule has 0 aromatic heterocycles. The summed E-state index contributed by atoms with van der Waals surface area (Å²) in [7, 11) is -4.15. The third-order valence-electron chi connectivity index (χ3n) is 4.11. The third kappa shape index (κ3) is 4.21. The number of hydrogen-bond donors (Lipinski definition) is 1. The Hall–Kier alpha value is -3.16. The number of carboxylic acid groups (broad SMARTS) is 1. The molecule has 0 radical (unpaired) electrons. The Kier molecular flexibility index (Phi) is 5.77. The number of nitrogens with zero attached hydrogens (tertiary/aromatic N) is 1. The molecule has 3 rings (SSSR count). The Morgan fingerprint density at radius 3 is 2.18 bits per heavy atom. The molecular formula is C21H19NO5S. The van der Waals surface area contributed by atoms with Crippen LogP contribution >= 0.6 is 0 Å². The second-order valence-corrected chi connectivity index (χ2v) is 7.86. The van der Waals surface area contributed by atoms with E-state index in [4.69, 9.17) is 4.84 Å². The summed E-state index contributed by atoms with van der Waals surface area (Å²) in [6.45, 7) is 1.65. The van der Waals surface area contributed by atoms with Gasteiger partial charge in [-0.1, -0.05) is 54.6 Å². The van der Waals surface area contributed by atoms with Crippen molar-refractivity contribution in [2.45, 2.75) is 18.4 Å². The predicted octanol–water partition coefficient (Wildman–Crippen LogP) is 4.02. The molecule has 0 bridgehead atoms. The van der Waals surface area contributed by atoms with Crippen LogP contribution in [0.3, 0.4) is 0 Å². The van der Waals surface area contributed by atoms with Gasteiger partial charge in [0.15, 0.2) is 0 Å². The molecule has 0 heterocycles. The van der Waals surface area contributed by atoms with Gasteiger partial charge in [0.05, 0.1) is 16.1 Å². The summed E-state index contributed by atoms with van der Waals surface area (Å²) < 4.78 is 27.3. The van der Waals surface area contributed by atoms with Gasteiger partial charge in [-0.05, 0) is 42.3 Å². The largest absolute Gasteiger partial charge is 0.478 e. The lowest BCUT2D eigenvalue weighted by Gasteiger charge is -2.23. The lowest BCUT2D eigenvalue weighted by Crippen LogP contribution is -2.31. The number of carbonyl (C=O) groups is 1. The molecule has 3 aromatic rings. The number of para-hydroxylation sites is 1. The Morgan fingerprint density at radius 2 is 1.57 bits per heavy atom. The normalized spacial score (nSPS) is 11.2. The lowest BCUT2D eigenvalue weighted by molar-refractivity contribution is 0.0696. The standard InChI is InChI=1S/C21H19NO5S/c1-16-12-13-19(14-20(16)21(23)24)28(25,26)22(18-10-6-3-7-11-18)27-15-17-8-4-2-5-9-17/h2-14H,15H2,1H3,(H,23,24). The summed E-state index contributed by atoms with van der Waals surface area (Å²) in [4.78, 5) is 16.9. The van der Waals surface area contributed by atoms with E-state index in [-0.39, 0.29) is 17.1 Å². The first-order valence-electron chi connectivity index (χ1n) is 8.51. The van der Waals surface area contributed by atoms with Crippen molar-refractivity contribution < 1.29 is 23.2 Å². The van der Waals surface area contributed by atoms with Crippen LogP contribution in [0.5, 0.6) is 0 Å². The maximum absolute atomic E-state index is 13.2. The first kappa shape index (κ1) is 19.6. The minimum Gasteiger partial charge on any atom is -0.478 e. The van der Waals surface area contributed by atoms with Crippen LogP contribution in [0.25, 0.3) is 0 Å². The van der Waals surface area contributed by atoms with E-state index in [0.717, 1.165) is 16.1 Å². The van der Waals surface area contributed by atoms with Gasteiger partial charge in [0, 0.05) is 0 Å². The van der Waals surface area contributed by atoms with E-state index in [2.05, 4.69) is 0 Å². The lowest BCUT2D eigenvalue weighted by atomic mass is 10.1. The molecule has 144 valence electrons. The Bertz CT molecular complexity index is 1070. The number of carboxylic acids is 1. The van der Waals surface area contributed by atoms with E-state index >= 15 is 0 Å². The Labute approximate surface area is 163 Å². The van der Waals surface area contributed by atoms with Gasteiger partial charge in [0.2, 0.25) is 0 Å². The average Bonchev–Trinajstić information content (AvgIpc) is 2.69. The minimum atomic E-state index is -4.15. The van der Waals surface area contributed by atoms with E-state index < -0.39 is 16.0 Å². The van der Waals surface area contributed by atoms with Crippen LogP contribution in [-0.2, 0) is 21.5 Å². The number of sulfonamides is 1. The fourth-order valence-electron chi connectivity index (χ4n) is 2.63. The summed E-state index contributed by atoms with van der Waals surface area (Å²) >= 11 is 0. The third-order valence-corrected chi connectivity index (χ3v) is 5.72. The number of benzene rings is 3. The fraction of sp³-hybridized carbons (Fsp3) is 0.0952. The van der Waals surface area contributed by atoms with Gasteiger partial charge in [-0.3, -0.25) is 4.84 Å². The smallest absolute Gasteiger partial charge is 0.335 e. The molecule has 1 N–H and O–H groups in total. The van der Waals surface area contributed by atoms with E-state index in [0.29, 0.717) is 11.3 Å². The molecule has 0 unspecified atom stereocenters. The molecule has 0 spiro atoms. The van der Waals surface area contributed by atoms with Crippen molar-refractivity contribution in [1.29, 1.82) is 0 Å². The molecule has 0 fully saturated rings. The van der Waals surface area contributed by atoms with E-state index in [1.165, 1.54) is 12.1 Å². The highest BCUT2D eigenvalue weighted by Gasteiger charge is 2.27. The second-order valence-electron chi connectivity index (χ2n) is 6.11. The van der Waals surface area contributed by atoms with Gasteiger partial charge in [-0.15, -0.1) is 4.47 Å². The highest BCUT2D eigenvalue weighted by Crippen LogP contribution is 2.26. The van der Waals surface area contributed by atoms with Crippen LogP contribution < -0.4 is 4.47 Å². The van der Waals surface area contributed by atoms with Gasteiger partial charge in [0.1, 0.15) is 6.61 Å². The summed E-state index contributed by atoms with van der Waals surface area (Å²) in [5.74, 6) is -1.19. The molecule has 6 nitrogen and oxygen atoms in total. The second kappa shape index (κ2) is 8.24. The number of hydrogen-bond acceptors (Lipinski definition) is 4. The number of anilines is 1. The summed E-state index contributed by atoms with van der Waals surface area (Å²) in [5, 5.41) is 9.32. The number of aromatic carboxylic acids is 1. The van der Waals surface area contributed by atoms with Crippen LogP contribution in [0, 0.1) is 6.92 Å². The quantitative estimate of drug-likeness (QED) is 0.609. The topological polar surface area (TPSA) is 83.9 Å². The molecule has 7 heteroatoms. The maximum atomic E-state index is 13.2. The fourth-order valence-corrected chi connectivity index (χ4v) is 3.92. The van der Waals surface area contributed by atoms with Crippen molar-refractivity contribution in [3.8, 4) is 0 Å².